The maximum atomic E-state index is 11.1. The van der Waals surface area contributed by atoms with Gasteiger partial charge in [0.25, 0.3) is 0 Å². The number of benzene rings is 1. The number of nitro groups is 1. The van der Waals surface area contributed by atoms with E-state index < -0.39 is 6.04 Å². The highest BCUT2D eigenvalue weighted by atomic mass is 16.6. The highest BCUT2D eigenvalue weighted by molar-refractivity contribution is 5.89. The molecule has 0 unspecified atom stereocenters. The number of hydrogen-bond acceptors (Lipinski definition) is 3. The van der Waals surface area contributed by atoms with E-state index in [4.69, 9.17) is 0 Å². The third-order valence-corrected chi connectivity index (χ3v) is 3.06. The van der Waals surface area contributed by atoms with E-state index in [0.29, 0.717) is 19.3 Å². The molecule has 0 spiro atoms. The van der Waals surface area contributed by atoms with Crippen LogP contribution >= 0.6 is 0 Å². The fourth-order valence-electron chi connectivity index (χ4n) is 2.27. The van der Waals surface area contributed by atoms with E-state index in [9.17, 15) is 14.9 Å². The second-order valence-corrected chi connectivity index (χ2v) is 4.31. The third-order valence-electron chi connectivity index (χ3n) is 3.06. The van der Waals surface area contributed by atoms with Crippen LogP contribution in [0, 0.1) is 10.1 Å². The number of rotatable bonds is 2. The Kier molecular flexibility index (Phi) is 3.08. The minimum absolute atomic E-state index is 0.116. The van der Waals surface area contributed by atoms with E-state index in [2.05, 4.69) is 5.32 Å². The first-order chi connectivity index (χ1) is 8.08. The summed E-state index contributed by atoms with van der Waals surface area (Å²) in [6.45, 7) is 1.46. The molecule has 5 heteroatoms. The molecule has 1 N–H and O–H groups in total. The molecule has 1 aliphatic carbocycles. The lowest BCUT2D eigenvalue weighted by atomic mass is 9.87. The lowest BCUT2D eigenvalue weighted by molar-refractivity contribution is -0.523. The first-order valence-electron chi connectivity index (χ1n) is 5.60. The molecule has 5 nitrogen and oxygen atoms in total. The molecule has 0 radical (unpaired) electrons. The van der Waals surface area contributed by atoms with Gasteiger partial charge in [0, 0.05) is 30.4 Å². The Morgan fingerprint density at radius 1 is 1.53 bits per heavy atom. The number of nitrogens with one attached hydrogen (secondary N) is 1. The summed E-state index contributed by atoms with van der Waals surface area (Å²) in [5, 5.41) is 13.5. The summed E-state index contributed by atoms with van der Waals surface area (Å²) in [4.78, 5) is 21.6. The lowest BCUT2D eigenvalue weighted by Crippen LogP contribution is -2.28. The fourth-order valence-corrected chi connectivity index (χ4v) is 2.27. The molecule has 1 atom stereocenters. The minimum Gasteiger partial charge on any atom is -0.326 e. The standard InChI is InChI=1S/C12H14N2O3/c1-8(15)13-12-4-2-3-9-7-10(14(16)17)5-6-11(9)12/h2-4,10H,5-7H2,1H3,(H,13,15)/t10-/m0/s1. The van der Waals surface area contributed by atoms with E-state index in [1.165, 1.54) is 6.92 Å². The number of nitrogens with zero attached hydrogens (tertiary/aromatic N) is 1. The first-order valence-corrected chi connectivity index (χ1v) is 5.60. The molecule has 0 aromatic heterocycles. The van der Waals surface area contributed by atoms with Crippen molar-refractivity contribution in [2.24, 2.45) is 0 Å². The van der Waals surface area contributed by atoms with E-state index in [1.54, 1.807) is 0 Å². The molecule has 0 heterocycles. The molecule has 1 aromatic carbocycles. The van der Waals surface area contributed by atoms with Gasteiger partial charge in [-0.3, -0.25) is 14.9 Å². The van der Waals surface area contributed by atoms with Gasteiger partial charge in [-0.05, 0) is 23.6 Å². The predicted molar refractivity (Wildman–Crippen MR) is 63.6 cm³/mol. The third kappa shape index (κ3) is 2.43. The molecule has 1 amide bonds. The van der Waals surface area contributed by atoms with Crippen LogP contribution < -0.4 is 5.32 Å². The number of amides is 1. The quantitative estimate of drug-likeness (QED) is 0.626. The van der Waals surface area contributed by atoms with Crippen molar-refractivity contribution in [3.05, 3.63) is 39.4 Å². The lowest BCUT2D eigenvalue weighted by Gasteiger charge is -2.21. The Hall–Kier alpha value is -1.91. The summed E-state index contributed by atoms with van der Waals surface area (Å²) in [7, 11) is 0. The van der Waals surface area contributed by atoms with Gasteiger partial charge < -0.3 is 5.32 Å². The van der Waals surface area contributed by atoms with Crippen molar-refractivity contribution >= 4 is 11.6 Å². The molecule has 0 fully saturated rings. The molecule has 0 saturated carbocycles. The molecular formula is C12H14N2O3. The number of anilines is 1. The Morgan fingerprint density at radius 2 is 2.29 bits per heavy atom. The Bertz CT molecular complexity index is 471. The summed E-state index contributed by atoms with van der Waals surface area (Å²) in [6, 6.07) is 5.07. The van der Waals surface area contributed by atoms with E-state index >= 15 is 0 Å². The molecule has 90 valence electrons. The second kappa shape index (κ2) is 4.53. The topological polar surface area (TPSA) is 72.2 Å². The SMILES string of the molecule is CC(=O)Nc1cccc2c1CC[C@H]([N+](=O)[O-])C2. The van der Waals surface area contributed by atoms with Gasteiger partial charge in [-0.25, -0.2) is 0 Å². The van der Waals surface area contributed by atoms with Crippen LogP contribution in [0.1, 0.15) is 24.5 Å². The van der Waals surface area contributed by atoms with Gasteiger partial charge in [-0.2, -0.15) is 0 Å². The van der Waals surface area contributed by atoms with Crippen molar-refractivity contribution in [1.82, 2.24) is 0 Å². The first kappa shape index (κ1) is 11.6. The summed E-state index contributed by atoms with van der Waals surface area (Å²) < 4.78 is 0. The zero-order valence-corrected chi connectivity index (χ0v) is 9.60. The van der Waals surface area contributed by atoms with Gasteiger partial charge in [-0.15, -0.1) is 0 Å². The van der Waals surface area contributed by atoms with Crippen molar-refractivity contribution in [2.45, 2.75) is 32.2 Å². The zero-order valence-electron chi connectivity index (χ0n) is 9.60. The smallest absolute Gasteiger partial charge is 0.221 e. The maximum Gasteiger partial charge on any atom is 0.221 e. The molecule has 17 heavy (non-hydrogen) atoms. The molecule has 1 aromatic rings. The van der Waals surface area contributed by atoms with Crippen LogP contribution in [0.15, 0.2) is 18.2 Å². The maximum absolute atomic E-state index is 11.1. The van der Waals surface area contributed by atoms with Crippen LogP contribution in [0.3, 0.4) is 0 Å². The Morgan fingerprint density at radius 3 is 2.94 bits per heavy atom. The summed E-state index contributed by atoms with van der Waals surface area (Å²) >= 11 is 0. The molecule has 2 rings (SSSR count). The minimum atomic E-state index is -0.491. The van der Waals surface area contributed by atoms with Crippen molar-refractivity contribution in [2.75, 3.05) is 5.32 Å². The molecule has 0 saturated heterocycles. The van der Waals surface area contributed by atoms with Crippen molar-refractivity contribution in [3.63, 3.8) is 0 Å². The van der Waals surface area contributed by atoms with Crippen LogP contribution in [0.5, 0.6) is 0 Å². The van der Waals surface area contributed by atoms with E-state index in [-0.39, 0.29) is 10.8 Å². The highest BCUT2D eigenvalue weighted by Gasteiger charge is 2.28. The fraction of sp³-hybridized carbons (Fsp3) is 0.417. The number of fused-ring (bicyclic) bond motifs is 1. The number of hydrogen-bond donors (Lipinski definition) is 1. The number of carbonyl (C=O) groups excluding carboxylic acids is 1. The van der Waals surface area contributed by atoms with Crippen LogP contribution in [-0.4, -0.2) is 16.9 Å². The van der Waals surface area contributed by atoms with E-state index in [1.807, 2.05) is 18.2 Å². The molecule has 1 aliphatic rings. The van der Waals surface area contributed by atoms with Crippen molar-refractivity contribution in [1.29, 1.82) is 0 Å². The van der Waals surface area contributed by atoms with Crippen LogP contribution in [0.25, 0.3) is 0 Å². The second-order valence-electron chi connectivity index (χ2n) is 4.31. The normalized spacial score (nSPS) is 18.3. The molecular weight excluding hydrogens is 220 g/mol. The van der Waals surface area contributed by atoms with Crippen LogP contribution in [0.4, 0.5) is 5.69 Å². The average molecular weight is 234 g/mol. The summed E-state index contributed by atoms with van der Waals surface area (Å²) in [5.74, 6) is -0.116. The van der Waals surface area contributed by atoms with Crippen LogP contribution in [0.2, 0.25) is 0 Å². The highest BCUT2D eigenvalue weighted by Crippen LogP contribution is 2.28. The van der Waals surface area contributed by atoms with Gasteiger partial charge in [0.2, 0.25) is 11.9 Å². The number of carbonyl (C=O) groups is 1. The Balaban J connectivity index is 2.29. The van der Waals surface area contributed by atoms with Gasteiger partial charge in [-0.1, -0.05) is 12.1 Å². The summed E-state index contributed by atoms with van der Waals surface area (Å²) in [5.41, 5.74) is 2.81. The van der Waals surface area contributed by atoms with Crippen molar-refractivity contribution in [3.8, 4) is 0 Å². The van der Waals surface area contributed by atoms with E-state index in [0.717, 1.165) is 16.8 Å². The zero-order chi connectivity index (χ0) is 12.4. The monoisotopic (exact) mass is 234 g/mol. The average Bonchev–Trinajstić information content (AvgIpc) is 2.28. The molecule has 0 aliphatic heterocycles. The Labute approximate surface area is 99.0 Å². The van der Waals surface area contributed by atoms with Gasteiger partial charge >= 0.3 is 0 Å². The largest absolute Gasteiger partial charge is 0.326 e. The predicted octanol–water partition coefficient (Wildman–Crippen LogP) is 1.78. The van der Waals surface area contributed by atoms with Crippen LogP contribution in [-0.2, 0) is 17.6 Å². The van der Waals surface area contributed by atoms with Gasteiger partial charge in [0.05, 0.1) is 0 Å². The van der Waals surface area contributed by atoms with Crippen molar-refractivity contribution < 1.29 is 9.72 Å². The van der Waals surface area contributed by atoms with Gasteiger partial charge in [0.1, 0.15) is 0 Å². The summed E-state index contributed by atoms with van der Waals surface area (Å²) in [6.07, 6.45) is 1.64. The molecule has 0 bridgehead atoms. The van der Waals surface area contributed by atoms with Gasteiger partial charge in [0.15, 0.2) is 0 Å².